The predicted molar refractivity (Wildman–Crippen MR) is 68.8 cm³/mol. The van der Waals surface area contributed by atoms with Gasteiger partial charge in [0.05, 0.1) is 17.2 Å². The average molecular weight is 245 g/mol. The van der Waals surface area contributed by atoms with E-state index >= 15 is 0 Å². The lowest BCUT2D eigenvalue weighted by atomic mass is 10.1. The van der Waals surface area contributed by atoms with Crippen LogP contribution in [0, 0.1) is 5.92 Å². The predicted octanol–water partition coefficient (Wildman–Crippen LogP) is 0.627. The second kappa shape index (κ2) is 5.01. The molecule has 1 aromatic rings. The van der Waals surface area contributed by atoms with Crippen molar-refractivity contribution in [1.29, 1.82) is 0 Å². The Morgan fingerprint density at radius 2 is 1.94 bits per heavy atom. The van der Waals surface area contributed by atoms with Crippen LogP contribution in [0.4, 0.5) is 5.69 Å². The summed E-state index contributed by atoms with van der Waals surface area (Å²) in [6.45, 7) is 0. The van der Waals surface area contributed by atoms with Gasteiger partial charge in [0.1, 0.15) is 0 Å². The fourth-order valence-corrected chi connectivity index (χ4v) is 1.95. The van der Waals surface area contributed by atoms with Gasteiger partial charge in [-0.25, -0.2) is 0 Å². The van der Waals surface area contributed by atoms with Crippen LogP contribution in [0.25, 0.3) is 0 Å². The number of hydrogen-bond donors (Lipinski definition) is 3. The number of para-hydroxylation sites is 1. The van der Waals surface area contributed by atoms with Crippen molar-refractivity contribution in [3.05, 3.63) is 42.0 Å². The van der Waals surface area contributed by atoms with Crippen LogP contribution in [-0.2, 0) is 4.79 Å². The topological polar surface area (TPSA) is 98.2 Å². The number of amides is 2. The number of hydrogen-bond acceptors (Lipinski definition) is 3. The molecule has 0 aromatic heterocycles. The molecular weight excluding hydrogens is 230 g/mol. The molecule has 5 nitrogen and oxygen atoms in total. The minimum atomic E-state index is -0.565. The fourth-order valence-electron chi connectivity index (χ4n) is 1.95. The first-order valence-corrected chi connectivity index (χ1v) is 5.71. The van der Waals surface area contributed by atoms with Crippen molar-refractivity contribution in [2.24, 2.45) is 17.4 Å². The van der Waals surface area contributed by atoms with Gasteiger partial charge in [0.25, 0.3) is 5.91 Å². The Labute approximate surface area is 105 Å². The molecule has 0 saturated heterocycles. The van der Waals surface area contributed by atoms with Gasteiger partial charge in [-0.05, 0) is 18.6 Å². The van der Waals surface area contributed by atoms with E-state index in [1.54, 1.807) is 30.3 Å². The first-order chi connectivity index (χ1) is 8.58. The molecule has 1 aliphatic carbocycles. The number of benzene rings is 1. The third kappa shape index (κ3) is 2.57. The Bertz CT molecular complexity index is 511. The van der Waals surface area contributed by atoms with Crippen LogP contribution in [0.2, 0.25) is 0 Å². The summed E-state index contributed by atoms with van der Waals surface area (Å²) in [4.78, 5) is 23.2. The highest BCUT2D eigenvalue weighted by Crippen LogP contribution is 2.20. The van der Waals surface area contributed by atoms with Crippen molar-refractivity contribution in [3.63, 3.8) is 0 Å². The van der Waals surface area contributed by atoms with E-state index in [2.05, 4.69) is 5.32 Å². The minimum Gasteiger partial charge on any atom is -0.366 e. The number of carbonyl (C=O) groups excluding carboxylic acids is 2. The lowest BCUT2D eigenvalue weighted by Gasteiger charge is -2.12. The molecule has 0 bridgehead atoms. The first kappa shape index (κ1) is 12.3. The molecule has 0 aliphatic heterocycles. The van der Waals surface area contributed by atoms with Crippen LogP contribution < -0.4 is 16.8 Å². The number of carbonyl (C=O) groups is 2. The van der Waals surface area contributed by atoms with Gasteiger partial charge < -0.3 is 16.8 Å². The van der Waals surface area contributed by atoms with Crippen LogP contribution in [0.3, 0.4) is 0 Å². The van der Waals surface area contributed by atoms with Crippen molar-refractivity contribution in [1.82, 2.24) is 0 Å². The standard InChI is InChI=1S/C13H15N3O2/c14-9-6-5-8(7-9)13(18)16-11-4-2-1-3-10(11)12(15)17/h1-6,8-9H,7,14H2,(H2,15,17)(H,16,18). The minimum absolute atomic E-state index is 0.0767. The maximum atomic E-state index is 12.0. The molecule has 0 heterocycles. The molecule has 94 valence electrons. The smallest absolute Gasteiger partial charge is 0.250 e. The van der Waals surface area contributed by atoms with E-state index < -0.39 is 5.91 Å². The largest absolute Gasteiger partial charge is 0.366 e. The fraction of sp³-hybridized carbons (Fsp3) is 0.231. The second-order valence-electron chi connectivity index (χ2n) is 4.29. The van der Waals surface area contributed by atoms with Crippen LogP contribution in [0.1, 0.15) is 16.8 Å². The van der Waals surface area contributed by atoms with Gasteiger partial charge in [-0.2, -0.15) is 0 Å². The summed E-state index contributed by atoms with van der Waals surface area (Å²) >= 11 is 0. The van der Waals surface area contributed by atoms with E-state index in [0.29, 0.717) is 17.7 Å². The van der Waals surface area contributed by atoms with Crippen molar-refractivity contribution in [3.8, 4) is 0 Å². The number of primary amides is 1. The second-order valence-corrected chi connectivity index (χ2v) is 4.29. The lowest BCUT2D eigenvalue weighted by molar-refractivity contribution is -0.118. The van der Waals surface area contributed by atoms with Crippen molar-refractivity contribution in [2.45, 2.75) is 12.5 Å². The first-order valence-electron chi connectivity index (χ1n) is 5.71. The number of nitrogens with two attached hydrogens (primary N) is 2. The third-order valence-corrected chi connectivity index (χ3v) is 2.90. The molecule has 5 N–H and O–H groups in total. The Kier molecular flexibility index (Phi) is 3.43. The van der Waals surface area contributed by atoms with E-state index in [9.17, 15) is 9.59 Å². The molecule has 2 amide bonds. The van der Waals surface area contributed by atoms with Gasteiger partial charge in [0.2, 0.25) is 5.91 Å². The Hall–Kier alpha value is -2.14. The molecule has 0 saturated carbocycles. The van der Waals surface area contributed by atoms with Crippen molar-refractivity contribution in [2.75, 3.05) is 5.32 Å². The Morgan fingerprint density at radius 3 is 2.56 bits per heavy atom. The van der Waals surface area contributed by atoms with E-state index in [-0.39, 0.29) is 17.9 Å². The molecular formula is C13H15N3O2. The normalized spacial score (nSPS) is 21.8. The summed E-state index contributed by atoms with van der Waals surface area (Å²) in [7, 11) is 0. The summed E-state index contributed by atoms with van der Waals surface area (Å²) in [5.74, 6) is -0.988. The van der Waals surface area contributed by atoms with Gasteiger partial charge in [0, 0.05) is 6.04 Å². The van der Waals surface area contributed by atoms with E-state index in [1.807, 2.05) is 6.08 Å². The zero-order valence-corrected chi connectivity index (χ0v) is 9.80. The quantitative estimate of drug-likeness (QED) is 0.681. The van der Waals surface area contributed by atoms with E-state index in [1.165, 1.54) is 0 Å². The van der Waals surface area contributed by atoms with Crippen LogP contribution >= 0.6 is 0 Å². The average Bonchev–Trinajstić information content (AvgIpc) is 2.76. The van der Waals surface area contributed by atoms with Gasteiger partial charge >= 0.3 is 0 Å². The molecule has 1 aliphatic rings. The molecule has 0 fully saturated rings. The van der Waals surface area contributed by atoms with Crippen LogP contribution in [-0.4, -0.2) is 17.9 Å². The van der Waals surface area contributed by atoms with Crippen molar-refractivity contribution < 1.29 is 9.59 Å². The lowest BCUT2D eigenvalue weighted by Crippen LogP contribution is -2.25. The van der Waals surface area contributed by atoms with Crippen LogP contribution in [0.15, 0.2) is 36.4 Å². The van der Waals surface area contributed by atoms with E-state index in [4.69, 9.17) is 11.5 Å². The molecule has 2 unspecified atom stereocenters. The molecule has 18 heavy (non-hydrogen) atoms. The van der Waals surface area contributed by atoms with Crippen LogP contribution in [0.5, 0.6) is 0 Å². The number of rotatable bonds is 3. The van der Waals surface area contributed by atoms with E-state index in [0.717, 1.165) is 0 Å². The number of anilines is 1. The molecule has 2 atom stereocenters. The van der Waals surface area contributed by atoms with Gasteiger partial charge in [0.15, 0.2) is 0 Å². The zero-order chi connectivity index (χ0) is 13.1. The zero-order valence-electron chi connectivity index (χ0n) is 9.80. The van der Waals surface area contributed by atoms with Gasteiger partial charge in [-0.15, -0.1) is 0 Å². The third-order valence-electron chi connectivity index (χ3n) is 2.90. The summed E-state index contributed by atoms with van der Waals surface area (Å²) in [6.07, 6.45) is 4.18. The maximum absolute atomic E-state index is 12.0. The van der Waals surface area contributed by atoms with Crippen molar-refractivity contribution >= 4 is 17.5 Å². The Morgan fingerprint density at radius 1 is 1.22 bits per heavy atom. The summed E-state index contributed by atoms with van der Waals surface area (Å²) in [5.41, 5.74) is 11.7. The summed E-state index contributed by atoms with van der Waals surface area (Å²) < 4.78 is 0. The van der Waals surface area contributed by atoms with Gasteiger partial charge in [-0.1, -0.05) is 24.3 Å². The molecule has 0 radical (unpaired) electrons. The van der Waals surface area contributed by atoms with Gasteiger partial charge in [-0.3, -0.25) is 9.59 Å². The molecule has 2 rings (SSSR count). The molecule has 0 spiro atoms. The highest BCUT2D eigenvalue weighted by Gasteiger charge is 2.23. The Balaban J connectivity index is 2.12. The summed E-state index contributed by atoms with van der Waals surface area (Å²) in [5, 5.41) is 2.71. The summed E-state index contributed by atoms with van der Waals surface area (Å²) in [6, 6.07) is 6.58. The molecule has 1 aromatic carbocycles. The highest BCUT2D eigenvalue weighted by atomic mass is 16.2. The monoisotopic (exact) mass is 245 g/mol. The molecule has 5 heteroatoms. The highest BCUT2D eigenvalue weighted by molar-refractivity contribution is 6.03. The maximum Gasteiger partial charge on any atom is 0.250 e. The SMILES string of the molecule is NC(=O)c1ccccc1NC(=O)C1C=CC(N)C1. The number of nitrogens with one attached hydrogen (secondary N) is 1.